The second-order valence-corrected chi connectivity index (χ2v) is 15.4. The van der Waals surface area contributed by atoms with Crippen LogP contribution in [0.1, 0.15) is 123 Å². The van der Waals surface area contributed by atoms with Gasteiger partial charge in [0.25, 0.3) is 0 Å². The standard InChI is InChI=1S/C42H73N2O6P/c1-6-8-10-12-14-16-18-19-20-21-22-23-24-25-26-28-30-32-34-36-42(46)43-40(39-50-51(47,48)49-38-37-44(3,4)5)41(45)35-33-31-29-27-17-15-13-11-9-7-2/h8,10,14,16-17,19-20,22-23,25-27,33,35,40-41,45H,6-7,9,11-13,15,18,21,24,28-32,34,36-39H2,1-5H3,(H-,43,46,47,48)/p+1/b10-8-,16-14-,20-19-,23-22-,26-25-,27-17+,35-33+. The largest absolute Gasteiger partial charge is 0.472 e. The van der Waals surface area contributed by atoms with Gasteiger partial charge < -0.3 is 19.8 Å². The van der Waals surface area contributed by atoms with E-state index in [-0.39, 0.29) is 19.1 Å². The number of allylic oxidation sites excluding steroid dienone is 13. The number of phosphoric acid groups is 1. The quantitative estimate of drug-likeness (QED) is 0.0268. The molecular formula is C42H74N2O6P+. The van der Waals surface area contributed by atoms with Crippen molar-refractivity contribution >= 4 is 13.7 Å². The number of carbonyl (C=O) groups excluding carboxylic acids is 1. The summed E-state index contributed by atoms with van der Waals surface area (Å²) in [4.78, 5) is 23.0. The van der Waals surface area contributed by atoms with E-state index < -0.39 is 20.0 Å². The lowest BCUT2D eigenvalue weighted by atomic mass is 10.1. The van der Waals surface area contributed by atoms with E-state index in [0.29, 0.717) is 23.9 Å². The average molecular weight is 734 g/mol. The molecule has 0 aromatic heterocycles. The summed E-state index contributed by atoms with van der Waals surface area (Å²) in [6.07, 6.45) is 45.1. The average Bonchev–Trinajstić information content (AvgIpc) is 3.07. The molecule has 0 aliphatic carbocycles. The van der Waals surface area contributed by atoms with Gasteiger partial charge in [-0.3, -0.25) is 13.8 Å². The smallest absolute Gasteiger partial charge is 0.387 e. The summed E-state index contributed by atoms with van der Waals surface area (Å²) in [5.74, 6) is -0.226. The number of hydrogen-bond donors (Lipinski definition) is 3. The first-order valence-electron chi connectivity index (χ1n) is 19.5. The van der Waals surface area contributed by atoms with Crippen LogP contribution >= 0.6 is 7.82 Å². The lowest BCUT2D eigenvalue weighted by molar-refractivity contribution is -0.870. The molecule has 0 aromatic carbocycles. The molecule has 0 heterocycles. The lowest BCUT2D eigenvalue weighted by Gasteiger charge is -2.25. The third-order valence-corrected chi connectivity index (χ3v) is 8.83. The minimum atomic E-state index is -4.35. The Balaban J connectivity index is 4.58. The van der Waals surface area contributed by atoms with Gasteiger partial charge in [-0.1, -0.05) is 125 Å². The van der Waals surface area contributed by atoms with Crippen LogP contribution in [0.5, 0.6) is 0 Å². The SMILES string of the molecule is CC/C=C\C/C=C\C/C=C\C/C=C\C/C=C\CCCCCC(=O)NC(COP(=O)(O)OCC[N+](C)(C)C)C(O)/C=C/CC/C=C/CCCCCC. The topological polar surface area (TPSA) is 105 Å². The van der Waals surface area contributed by atoms with Gasteiger partial charge in [0.1, 0.15) is 13.2 Å². The monoisotopic (exact) mass is 734 g/mol. The number of unbranched alkanes of at least 4 members (excludes halogenated alkanes) is 8. The molecule has 3 atom stereocenters. The van der Waals surface area contributed by atoms with Crippen LogP contribution in [0.15, 0.2) is 85.1 Å². The Bertz CT molecular complexity index is 1100. The number of aliphatic hydroxyl groups excluding tert-OH is 1. The minimum Gasteiger partial charge on any atom is -0.387 e. The summed E-state index contributed by atoms with van der Waals surface area (Å²) < 4.78 is 23.4. The molecule has 0 bridgehead atoms. The number of rotatable bonds is 33. The number of amides is 1. The molecule has 0 saturated heterocycles. The van der Waals surface area contributed by atoms with Crippen molar-refractivity contribution in [3.63, 3.8) is 0 Å². The van der Waals surface area contributed by atoms with E-state index in [4.69, 9.17) is 9.05 Å². The molecule has 9 heteroatoms. The fourth-order valence-corrected chi connectivity index (χ4v) is 5.46. The van der Waals surface area contributed by atoms with Crippen LogP contribution in [0, 0.1) is 0 Å². The Labute approximate surface area is 312 Å². The first kappa shape index (κ1) is 48.7. The molecule has 0 aliphatic rings. The van der Waals surface area contributed by atoms with E-state index >= 15 is 0 Å². The van der Waals surface area contributed by atoms with Crippen LogP contribution in [0.25, 0.3) is 0 Å². The molecule has 0 rings (SSSR count). The zero-order valence-corrected chi connectivity index (χ0v) is 33.7. The van der Waals surface area contributed by atoms with Crippen LogP contribution in [0.3, 0.4) is 0 Å². The zero-order chi connectivity index (χ0) is 37.9. The molecule has 0 radical (unpaired) electrons. The van der Waals surface area contributed by atoms with Crippen molar-refractivity contribution in [2.24, 2.45) is 0 Å². The highest BCUT2D eigenvalue weighted by Gasteiger charge is 2.27. The number of likely N-dealkylation sites (N-methyl/N-ethyl adjacent to an activating group) is 1. The van der Waals surface area contributed by atoms with E-state index in [1.54, 1.807) is 6.08 Å². The predicted octanol–water partition coefficient (Wildman–Crippen LogP) is 10.2. The number of hydrogen-bond acceptors (Lipinski definition) is 5. The molecule has 51 heavy (non-hydrogen) atoms. The first-order valence-corrected chi connectivity index (χ1v) is 21.0. The Morgan fingerprint density at radius 3 is 1.76 bits per heavy atom. The molecule has 1 amide bonds. The molecule has 8 nitrogen and oxygen atoms in total. The van der Waals surface area contributed by atoms with Gasteiger partial charge in [0.15, 0.2) is 0 Å². The Kier molecular flexibility index (Phi) is 32.0. The summed E-state index contributed by atoms with van der Waals surface area (Å²) in [7, 11) is 1.51. The fraction of sp³-hybridized carbons (Fsp3) is 0.643. The van der Waals surface area contributed by atoms with Crippen molar-refractivity contribution in [2.75, 3.05) is 40.9 Å². The van der Waals surface area contributed by atoms with Crippen LogP contribution in [-0.4, -0.2) is 73.4 Å². The van der Waals surface area contributed by atoms with E-state index in [0.717, 1.165) is 70.6 Å². The molecule has 3 unspecified atom stereocenters. The van der Waals surface area contributed by atoms with Crippen molar-refractivity contribution in [3.05, 3.63) is 85.1 Å². The van der Waals surface area contributed by atoms with Crippen molar-refractivity contribution in [1.82, 2.24) is 5.32 Å². The summed E-state index contributed by atoms with van der Waals surface area (Å²) in [5, 5.41) is 13.7. The maximum Gasteiger partial charge on any atom is 0.472 e. The van der Waals surface area contributed by atoms with Crippen molar-refractivity contribution in [1.29, 1.82) is 0 Å². The van der Waals surface area contributed by atoms with Crippen LogP contribution in [0.2, 0.25) is 0 Å². The molecule has 0 spiro atoms. The third-order valence-electron chi connectivity index (χ3n) is 7.85. The van der Waals surface area contributed by atoms with Crippen LogP contribution < -0.4 is 5.32 Å². The number of nitrogens with zero attached hydrogens (tertiary/aromatic N) is 1. The molecule has 0 aliphatic heterocycles. The minimum absolute atomic E-state index is 0.0442. The highest BCUT2D eigenvalue weighted by atomic mass is 31.2. The Morgan fingerprint density at radius 1 is 0.686 bits per heavy atom. The van der Waals surface area contributed by atoms with E-state index in [1.165, 1.54) is 25.7 Å². The van der Waals surface area contributed by atoms with Crippen LogP contribution in [-0.2, 0) is 18.4 Å². The summed E-state index contributed by atoms with van der Waals surface area (Å²) >= 11 is 0. The molecular weight excluding hydrogens is 659 g/mol. The zero-order valence-electron chi connectivity index (χ0n) is 32.8. The molecule has 0 saturated carbocycles. The van der Waals surface area contributed by atoms with E-state index in [2.05, 4.69) is 92.1 Å². The van der Waals surface area contributed by atoms with Gasteiger partial charge in [-0.15, -0.1) is 0 Å². The normalized spacial score (nSPS) is 15.5. The van der Waals surface area contributed by atoms with Crippen molar-refractivity contribution in [3.8, 4) is 0 Å². The second-order valence-electron chi connectivity index (χ2n) is 13.9. The maximum atomic E-state index is 12.8. The van der Waals surface area contributed by atoms with Crippen LogP contribution in [0.4, 0.5) is 0 Å². The van der Waals surface area contributed by atoms with Gasteiger partial charge in [-0.25, -0.2) is 4.57 Å². The van der Waals surface area contributed by atoms with Gasteiger partial charge in [-0.2, -0.15) is 0 Å². The van der Waals surface area contributed by atoms with Gasteiger partial charge in [0.2, 0.25) is 5.91 Å². The van der Waals surface area contributed by atoms with E-state index in [9.17, 15) is 19.4 Å². The second kappa shape index (κ2) is 33.5. The lowest BCUT2D eigenvalue weighted by Crippen LogP contribution is -2.45. The summed E-state index contributed by atoms with van der Waals surface area (Å²) in [6.45, 7) is 4.57. The molecule has 0 fully saturated rings. The van der Waals surface area contributed by atoms with Crippen molar-refractivity contribution < 1.29 is 32.9 Å². The van der Waals surface area contributed by atoms with E-state index in [1.807, 2.05) is 27.2 Å². The third kappa shape index (κ3) is 35.9. The molecule has 0 aromatic rings. The first-order chi connectivity index (χ1) is 24.5. The number of carbonyl (C=O) groups is 1. The Morgan fingerprint density at radius 2 is 1.20 bits per heavy atom. The molecule has 3 N–H and O–H groups in total. The highest BCUT2D eigenvalue weighted by Crippen LogP contribution is 2.43. The number of phosphoric ester groups is 1. The molecule has 292 valence electrons. The van der Waals surface area contributed by atoms with Gasteiger partial charge in [-0.05, 0) is 77.0 Å². The fourth-order valence-electron chi connectivity index (χ4n) is 4.73. The highest BCUT2D eigenvalue weighted by molar-refractivity contribution is 7.47. The van der Waals surface area contributed by atoms with Gasteiger partial charge in [0.05, 0.1) is 39.9 Å². The number of aliphatic hydroxyl groups is 1. The summed E-state index contributed by atoms with van der Waals surface area (Å²) in [5.41, 5.74) is 0. The van der Waals surface area contributed by atoms with Crippen molar-refractivity contribution in [2.45, 2.75) is 135 Å². The Hall–Kier alpha value is -2.32. The number of nitrogens with one attached hydrogen (secondary N) is 1. The number of quaternary nitrogens is 1. The van der Waals surface area contributed by atoms with Gasteiger partial charge >= 0.3 is 7.82 Å². The summed E-state index contributed by atoms with van der Waals surface area (Å²) in [6, 6.07) is -0.883. The predicted molar refractivity (Wildman–Crippen MR) is 216 cm³/mol. The maximum absolute atomic E-state index is 12.8. The van der Waals surface area contributed by atoms with Gasteiger partial charge in [0, 0.05) is 6.42 Å².